The van der Waals surface area contributed by atoms with Crippen molar-refractivity contribution in [3.63, 3.8) is 0 Å². The Morgan fingerprint density at radius 3 is 1.67 bits per heavy atom. The number of fused-ring (bicyclic) bond motifs is 6. The Morgan fingerprint density at radius 1 is 0.378 bits per heavy atom. The van der Waals surface area contributed by atoms with Gasteiger partial charge in [-0.2, -0.15) is 0 Å². The summed E-state index contributed by atoms with van der Waals surface area (Å²) in [4.78, 5) is 4.30. The third-order valence-electron chi connectivity index (χ3n) is 9.03. The molecule has 0 unspecified atom stereocenters. The van der Waals surface area contributed by atoms with Crippen LogP contribution < -0.4 is 0 Å². The smallest absolute Gasteiger partial charge is 0.0619 e. The third-order valence-corrected chi connectivity index (χ3v) is 9.03. The zero-order valence-electron chi connectivity index (χ0n) is 24.6. The fraction of sp³-hybridized carbons (Fsp3) is 0. The minimum atomic E-state index is 1.13. The second-order valence-corrected chi connectivity index (χ2v) is 11.7. The van der Waals surface area contributed by atoms with E-state index in [1.165, 1.54) is 71.2 Å². The Balaban J connectivity index is 1.23. The third kappa shape index (κ3) is 4.30. The number of pyridine rings is 1. The predicted molar refractivity (Wildman–Crippen MR) is 190 cm³/mol. The molecule has 9 aromatic rings. The van der Waals surface area contributed by atoms with Crippen LogP contribution in [-0.2, 0) is 0 Å². The lowest BCUT2D eigenvalue weighted by Gasteiger charge is -2.12. The van der Waals surface area contributed by atoms with Crippen molar-refractivity contribution < 1.29 is 0 Å². The van der Waals surface area contributed by atoms with Gasteiger partial charge in [-0.15, -0.1) is 0 Å². The summed E-state index contributed by atoms with van der Waals surface area (Å²) in [6, 6.07) is 57.3. The molecule has 2 heterocycles. The monoisotopic (exact) mass is 572 g/mol. The van der Waals surface area contributed by atoms with Gasteiger partial charge in [0.1, 0.15) is 0 Å². The average molecular weight is 573 g/mol. The normalized spacial score (nSPS) is 11.6. The Morgan fingerprint density at radius 2 is 0.933 bits per heavy atom. The van der Waals surface area contributed by atoms with Crippen molar-refractivity contribution in [1.82, 2.24) is 9.55 Å². The largest absolute Gasteiger partial charge is 0.309 e. The molecule has 2 nitrogen and oxygen atoms in total. The summed E-state index contributed by atoms with van der Waals surface area (Å²) in [6.07, 6.45) is 3.73. The van der Waals surface area contributed by atoms with Crippen molar-refractivity contribution >= 4 is 43.4 Å². The summed E-state index contributed by atoms with van der Waals surface area (Å²) in [5, 5.41) is 7.47. The lowest BCUT2D eigenvalue weighted by Crippen LogP contribution is -1.94. The predicted octanol–water partition coefficient (Wildman–Crippen LogP) is 11.5. The molecule has 2 aromatic heterocycles. The molecule has 0 saturated carbocycles. The van der Waals surface area contributed by atoms with Gasteiger partial charge in [0.15, 0.2) is 0 Å². The second kappa shape index (κ2) is 10.3. The Hall–Kier alpha value is -5.99. The van der Waals surface area contributed by atoms with Crippen molar-refractivity contribution in [3.8, 4) is 39.1 Å². The van der Waals surface area contributed by atoms with Gasteiger partial charge >= 0.3 is 0 Å². The number of para-hydroxylation sites is 1. The fourth-order valence-electron chi connectivity index (χ4n) is 6.81. The van der Waals surface area contributed by atoms with Gasteiger partial charge in [0.25, 0.3) is 0 Å². The molecule has 45 heavy (non-hydrogen) atoms. The van der Waals surface area contributed by atoms with E-state index in [1.807, 2.05) is 18.5 Å². The van der Waals surface area contributed by atoms with Crippen LogP contribution in [0, 0.1) is 0 Å². The molecule has 0 atom stereocenters. The summed E-state index contributed by atoms with van der Waals surface area (Å²) in [5.41, 5.74) is 10.8. The van der Waals surface area contributed by atoms with Crippen LogP contribution in [0.15, 0.2) is 170 Å². The van der Waals surface area contributed by atoms with Crippen LogP contribution in [0.4, 0.5) is 0 Å². The molecule has 9 rings (SSSR count). The first-order valence-corrected chi connectivity index (χ1v) is 15.4. The number of benzene rings is 7. The minimum absolute atomic E-state index is 1.13. The number of rotatable bonds is 4. The van der Waals surface area contributed by atoms with Gasteiger partial charge < -0.3 is 4.57 Å². The van der Waals surface area contributed by atoms with Crippen LogP contribution in [0.1, 0.15) is 0 Å². The fourth-order valence-corrected chi connectivity index (χ4v) is 6.81. The molecular weight excluding hydrogens is 544 g/mol. The Kier molecular flexibility index (Phi) is 5.85. The Labute approximate surface area is 261 Å². The van der Waals surface area contributed by atoms with Crippen molar-refractivity contribution in [2.24, 2.45) is 0 Å². The highest BCUT2D eigenvalue weighted by molar-refractivity contribution is 6.19. The van der Waals surface area contributed by atoms with Crippen LogP contribution in [0.5, 0.6) is 0 Å². The van der Waals surface area contributed by atoms with Gasteiger partial charge in [0.2, 0.25) is 0 Å². The van der Waals surface area contributed by atoms with E-state index < -0.39 is 0 Å². The van der Waals surface area contributed by atoms with E-state index in [9.17, 15) is 0 Å². The minimum Gasteiger partial charge on any atom is -0.309 e. The van der Waals surface area contributed by atoms with E-state index in [0.29, 0.717) is 0 Å². The van der Waals surface area contributed by atoms with E-state index in [4.69, 9.17) is 0 Å². The first-order valence-electron chi connectivity index (χ1n) is 15.4. The maximum absolute atomic E-state index is 4.30. The number of nitrogens with zero attached hydrogens (tertiary/aromatic N) is 2. The molecule has 0 N–H and O–H groups in total. The van der Waals surface area contributed by atoms with E-state index >= 15 is 0 Å². The summed E-state index contributed by atoms with van der Waals surface area (Å²) in [5.74, 6) is 0. The zero-order valence-corrected chi connectivity index (χ0v) is 24.6. The van der Waals surface area contributed by atoms with Gasteiger partial charge in [-0.25, -0.2) is 0 Å². The van der Waals surface area contributed by atoms with Crippen LogP contribution in [0.25, 0.3) is 82.4 Å². The lowest BCUT2D eigenvalue weighted by molar-refractivity contribution is 1.19. The van der Waals surface area contributed by atoms with Crippen LogP contribution >= 0.6 is 0 Å². The highest BCUT2D eigenvalue weighted by atomic mass is 15.0. The lowest BCUT2D eigenvalue weighted by atomic mass is 9.97. The highest BCUT2D eigenvalue weighted by Crippen LogP contribution is 2.39. The highest BCUT2D eigenvalue weighted by Gasteiger charge is 2.16. The molecule has 0 spiro atoms. The SMILES string of the molecule is c1ccc(-c2ccc3c(ccc4c5ccc(-c6ccc7cc(-c8cccnc8)ccc7c6)cc5n(-c5ccccc5)c34)c2)cc1. The number of hydrogen-bond acceptors (Lipinski definition) is 1. The van der Waals surface area contributed by atoms with Gasteiger partial charge in [-0.1, -0.05) is 115 Å². The van der Waals surface area contributed by atoms with E-state index in [2.05, 4.69) is 161 Å². The van der Waals surface area contributed by atoms with E-state index in [-0.39, 0.29) is 0 Å². The van der Waals surface area contributed by atoms with Crippen molar-refractivity contribution in [1.29, 1.82) is 0 Å². The summed E-state index contributed by atoms with van der Waals surface area (Å²) in [7, 11) is 0. The standard InChI is InChI=1S/C43H28N2/c1-3-8-29(9-4-1)30-17-20-39-36(26-30)19-22-41-40-21-18-35(27-42(40)45(43(39)41)38-11-5-2-6-12-38)33-14-13-32-25-34(16-15-31(32)24-33)37-10-7-23-44-28-37/h1-28H. The van der Waals surface area contributed by atoms with Crippen LogP contribution in [0.2, 0.25) is 0 Å². The topological polar surface area (TPSA) is 17.8 Å². The molecule has 0 amide bonds. The summed E-state index contributed by atoms with van der Waals surface area (Å²) < 4.78 is 2.44. The molecule has 0 radical (unpaired) electrons. The average Bonchev–Trinajstić information content (AvgIpc) is 3.46. The number of hydrogen-bond donors (Lipinski definition) is 0. The summed E-state index contributed by atoms with van der Waals surface area (Å²) >= 11 is 0. The first kappa shape index (κ1) is 25.5. The molecule has 210 valence electrons. The van der Waals surface area contributed by atoms with Crippen molar-refractivity contribution in [3.05, 3.63) is 170 Å². The molecule has 0 aliphatic carbocycles. The molecule has 0 bridgehead atoms. The first-order chi connectivity index (χ1) is 22.3. The zero-order chi connectivity index (χ0) is 29.7. The van der Waals surface area contributed by atoms with Crippen LogP contribution in [-0.4, -0.2) is 9.55 Å². The van der Waals surface area contributed by atoms with Gasteiger partial charge in [0, 0.05) is 39.8 Å². The van der Waals surface area contributed by atoms with E-state index in [1.54, 1.807) is 0 Å². The maximum atomic E-state index is 4.30. The molecular formula is C43H28N2. The van der Waals surface area contributed by atoms with Crippen molar-refractivity contribution in [2.45, 2.75) is 0 Å². The molecule has 0 fully saturated rings. The maximum Gasteiger partial charge on any atom is 0.0619 e. The van der Waals surface area contributed by atoms with Crippen LogP contribution in [0.3, 0.4) is 0 Å². The van der Waals surface area contributed by atoms with Gasteiger partial charge in [0.05, 0.1) is 11.0 Å². The van der Waals surface area contributed by atoms with Gasteiger partial charge in [-0.05, 0) is 86.4 Å². The van der Waals surface area contributed by atoms with Crippen molar-refractivity contribution in [2.75, 3.05) is 0 Å². The molecule has 0 saturated heterocycles. The second-order valence-electron chi connectivity index (χ2n) is 11.7. The number of aromatic nitrogens is 2. The van der Waals surface area contributed by atoms with Gasteiger partial charge in [-0.3, -0.25) is 4.98 Å². The molecule has 7 aromatic carbocycles. The molecule has 0 aliphatic rings. The molecule has 0 aliphatic heterocycles. The van der Waals surface area contributed by atoms with E-state index in [0.717, 1.165) is 11.3 Å². The Bertz CT molecular complexity index is 2510. The quantitative estimate of drug-likeness (QED) is 0.205. The summed E-state index contributed by atoms with van der Waals surface area (Å²) in [6.45, 7) is 0. The molecule has 2 heteroatoms.